The van der Waals surface area contributed by atoms with Crippen molar-refractivity contribution in [1.29, 1.82) is 0 Å². The van der Waals surface area contributed by atoms with E-state index < -0.39 is 10.0 Å². The fourth-order valence-corrected chi connectivity index (χ4v) is 4.36. The molecule has 6 nitrogen and oxygen atoms in total. The van der Waals surface area contributed by atoms with Crippen molar-refractivity contribution in [3.63, 3.8) is 0 Å². The Morgan fingerprint density at radius 1 is 1.40 bits per heavy atom. The van der Waals surface area contributed by atoms with E-state index in [2.05, 4.69) is 14.9 Å². The number of thiophene rings is 1. The highest BCUT2D eigenvalue weighted by atomic mass is 32.2. The van der Waals surface area contributed by atoms with Crippen LogP contribution in [0.4, 0.5) is 0 Å². The first-order chi connectivity index (χ1) is 9.42. The van der Waals surface area contributed by atoms with E-state index in [1.165, 1.54) is 11.3 Å². The second-order valence-electron chi connectivity index (χ2n) is 4.38. The minimum absolute atomic E-state index is 0.238. The van der Waals surface area contributed by atoms with Crippen LogP contribution >= 0.6 is 11.3 Å². The summed E-state index contributed by atoms with van der Waals surface area (Å²) >= 11 is 1.47. The molecule has 2 aromatic heterocycles. The van der Waals surface area contributed by atoms with E-state index in [0.717, 1.165) is 9.75 Å². The Bertz CT molecular complexity index is 689. The van der Waals surface area contributed by atoms with Crippen LogP contribution in [-0.2, 0) is 22.9 Å². The van der Waals surface area contributed by atoms with Gasteiger partial charge in [0.15, 0.2) is 5.82 Å². The highest BCUT2D eigenvalue weighted by molar-refractivity contribution is 7.89. The summed E-state index contributed by atoms with van der Waals surface area (Å²) in [6, 6.07) is 1.68. The molecule has 1 N–H and O–H groups in total. The van der Waals surface area contributed by atoms with Gasteiger partial charge in [0.1, 0.15) is 0 Å². The Kier molecular flexibility index (Phi) is 4.56. The Labute approximate surface area is 122 Å². The summed E-state index contributed by atoms with van der Waals surface area (Å²) in [6.45, 7) is 5.86. The van der Waals surface area contributed by atoms with Crippen molar-refractivity contribution in [2.24, 2.45) is 0 Å². The highest BCUT2D eigenvalue weighted by Gasteiger charge is 2.18. The second-order valence-corrected chi connectivity index (χ2v) is 7.58. The van der Waals surface area contributed by atoms with Crippen LogP contribution in [0, 0.1) is 13.8 Å². The van der Waals surface area contributed by atoms with Gasteiger partial charge in [-0.1, -0.05) is 12.1 Å². The number of aromatic nitrogens is 2. The Balaban J connectivity index is 1.97. The predicted molar refractivity (Wildman–Crippen MR) is 76.4 cm³/mol. The minimum Gasteiger partial charge on any atom is -0.339 e. The van der Waals surface area contributed by atoms with E-state index in [-0.39, 0.29) is 6.54 Å². The van der Waals surface area contributed by atoms with Crippen LogP contribution in [0.2, 0.25) is 0 Å². The van der Waals surface area contributed by atoms with Gasteiger partial charge >= 0.3 is 0 Å². The van der Waals surface area contributed by atoms with Crippen LogP contribution < -0.4 is 4.72 Å². The van der Waals surface area contributed by atoms with Crippen LogP contribution in [0.3, 0.4) is 0 Å². The number of aryl methyl sites for hydroxylation is 3. The van der Waals surface area contributed by atoms with Gasteiger partial charge in [-0.05, 0) is 19.9 Å². The van der Waals surface area contributed by atoms with E-state index in [1.54, 1.807) is 13.0 Å². The molecule has 110 valence electrons. The molecular weight excluding hydrogens is 298 g/mol. The number of hydrogen-bond acceptors (Lipinski definition) is 6. The number of rotatable bonds is 6. The molecule has 0 spiro atoms. The first kappa shape index (κ1) is 15.1. The normalized spacial score (nSPS) is 11.9. The third-order valence-electron chi connectivity index (χ3n) is 2.74. The lowest BCUT2D eigenvalue weighted by atomic mass is 10.4. The quantitative estimate of drug-likeness (QED) is 0.879. The lowest BCUT2D eigenvalue weighted by Gasteiger charge is -2.04. The Morgan fingerprint density at radius 3 is 2.70 bits per heavy atom. The summed E-state index contributed by atoms with van der Waals surface area (Å²) in [5.41, 5.74) is 0. The number of sulfonamides is 1. The molecule has 8 heteroatoms. The van der Waals surface area contributed by atoms with Gasteiger partial charge in [0.25, 0.3) is 0 Å². The Morgan fingerprint density at radius 2 is 2.15 bits per heavy atom. The summed E-state index contributed by atoms with van der Waals surface area (Å²) in [4.78, 5) is 6.25. The number of nitrogens with one attached hydrogen (secondary N) is 1. The lowest BCUT2D eigenvalue weighted by Crippen LogP contribution is -2.26. The third-order valence-corrected chi connectivity index (χ3v) is 5.42. The summed E-state index contributed by atoms with van der Waals surface area (Å²) < 4.78 is 31.9. The van der Waals surface area contributed by atoms with Crippen LogP contribution in [0.25, 0.3) is 0 Å². The molecule has 0 bridgehead atoms. The van der Waals surface area contributed by atoms with Crippen molar-refractivity contribution in [3.05, 3.63) is 27.5 Å². The van der Waals surface area contributed by atoms with Crippen LogP contribution in [0.5, 0.6) is 0 Å². The number of hydrogen-bond donors (Lipinski definition) is 1. The molecule has 0 radical (unpaired) electrons. The molecule has 0 amide bonds. The van der Waals surface area contributed by atoms with E-state index >= 15 is 0 Å². The van der Waals surface area contributed by atoms with Crippen molar-refractivity contribution < 1.29 is 12.9 Å². The van der Waals surface area contributed by atoms with Gasteiger partial charge in [0, 0.05) is 29.1 Å². The van der Waals surface area contributed by atoms with Gasteiger partial charge < -0.3 is 4.52 Å². The third kappa shape index (κ3) is 3.44. The molecule has 0 atom stereocenters. The lowest BCUT2D eigenvalue weighted by molar-refractivity contribution is 0.373. The summed E-state index contributed by atoms with van der Waals surface area (Å²) in [6.07, 6.45) is 1.08. The van der Waals surface area contributed by atoms with Gasteiger partial charge in [-0.3, -0.25) is 0 Å². The van der Waals surface area contributed by atoms with E-state index in [9.17, 15) is 8.42 Å². The summed E-state index contributed by atoms with van der Waals surface area (Å²) in [7, 11) is -3.47. The molecular formula is C12H17N3O3S2. The van der Waals surface area contributed by atoms with Crippen LogP contribution in [0.1, 0.15) is 28.4 Å². The smallest absolute Gasteiger partial charge is 0.241 e. The van der Waals surface area contributed by atoms with Crippen LogP contribution in [-0.4, -0.2) is 25.1 Å². The monoisotopic (exact) mass is 315 g/mol. The predicted octanol–water partition coefficient (Wildman–Crippen LogP) is 1.83. The van der Waals surface area contributed by atoms with Crippen molar-refractivity contribution in [2.45, 2.75) is 38.5 Å². The molecule has 2 rings (SSSR count). The molecule has 2 aromatic rings. The van der Waals surface area contributed by atoms with Gasteiger partial charge in [0.2, 0.25) is 15.9 Å². The minimum atomic E-state index is -3.47. The second kappa shape index (κ2) is 6.02. The molecule has 0 unspecified atom stereocenters. The molecule has 0 aliphatic rings. The maximum Gasteiger partial charge on any atom is 0.241 e. The molecule has 0 fully saturated rings. The first-order valence-corrected chi connectivity index (χ1v) is 8.60. The zero-order valence-electron chi connectivity index (χ0n) is 11.6. The zero-order valence-corrected chi connectivity index (χ0v) is 13.3. The van der Waals surface area contributed by atoms with E-state index in [4.69, 9.17) is 4.52 Å². The SMILES string of the molecule is CCc1noc(CCNS(=O)(=O)c2cc(C)sc2C)n1. The Hall–Kier alpha value is -1.25. The van der Waals surface area contributed by atoms with E-state index in [1.807, 2.05) is 13.8 Å². The number of nitrogens with zero attached hydrogens (tertiary/aromatic N) is 2. The fraction of sp³-hybridized carbons (Fsp3) is 0.500. The fourth-order valence-electron chi connectivity index (χ4n) is 1.78. The maximum atomic E-state index is 12.1. The summed E-state index contributed by atoms with van der Waals surface area (Å²) in [5.74, 6) is 1.08. The average Bonchev–Trinajstić information content (AvgIpc) is 2.96. The van der Waals surface area contributed by atoms with Gasteiger partial charge in [0.05, 0.1) is 4.90 Å². The van der Waals surface area contributed by atoms with Crippen molar-refractivity contribution in [2.75, 3.05) is 6.54 Å². The topological polar surface area (TPSA) is 85.1 Å². The summed E-state index contributed by atoms with van der Waals surface area (Å²) in [5, 5.41) is 3.76. The molecule has 0 aromatic carbocycles. The zero-order chi connectivity index (χ0) is 14.8. The van der Waals surface area contributed by atoms with Crippen LogP contribution in [0.15, 0.2) is 15.5 Å². The molecule has 2 heterocycles. The molecule has 0 saturated heterocycles. The van der Waals surface area contributed by atoms with Gasteiger partial charge in [-0.25, -0.2) is 13.1 Å². The van der Waals surface area contributed by atoms with Crippen molar-refractivity contribution >= 4 is 21.4 Å². The standard InChI is InChI=1S/C12H17N3O3S2/c1-4-11-14-12(18-15-11)5-6-13-20(16,17)10-7-8(2)19-9(10)3/h7,13H,4-6H2,1-3H3. The largest absolute Gasteiger partial charge is 0.339 e. The van der Waals surface area contributed by atoms with Crippen molar-refractivity contribution in [3.8, 4) is 0 Å². The van der Waals surface area contributed by atoms with E-state index in [0.29, 0.717) is 29.5 Å². The maximum absolute atomic E-state index is 12.1. The molecule has 20 heavy (non-hydrogen) atoms. The molecule has 0 aliphatic heterocycles. The van der Waals surface area contributed by atoms with Gasteiger partial charge in [-0.2, -0.15) is 4.98 Å². The first-order valence-electron chi connectivity index (χ1n) is 6.30. The molecule has 0 aliphatic carbocycles. The highest BCUT2D eigenvalue weighted by Crippen LogP contribution is 2.24. The van der Waals surface area contributed by atoms with Gasteiger partial charge in [-0.15, -0.1) is 11.3 Å². The van der Waals surface area contributed by atoms with Crippen molar-refractivity contribution in [1.82, 2.24) is 14.9 Å². The molecule has 0 saturated carbocycles. The average molecular weight is 315 g/mol.